The van der Waals surface area contributed by atoms with Crippen molar-refractivity contribution in [2.45, 2.75) is 32.2 Å². The highest BCUT2D eigenvalue weighted by Gasteiger charge is 2.51. The van der Waals surface area contributed by atoms with Crippen molar-refractivity contribution in [2.75, 3.05) is 0 Å². The molecule has 0 aromatic rings. The summed E-state index contributed by atoms with van der Waals surface area (Å²) < 4.78 is 0. The molecule has 5 heteroatoms. The summed E-state index contributed by atoms with van der Waals surface area (Å²) in [6.07, 6.45) is 2.24. The Hall–Kier alpha value is -1.39. The summed E-state index contributed by atoms with van der Waals surface area (Å²) in [5.74, 6) is -2.01. The number of carboxylic acid groups (broad SMARTS) is 1. The van der Waals surface area contributed by atoms with Gasteiger partial charge in [-0.05, 0) is 13.3 Å². The number of nitrogens with zero attached hydrogens (tertiary/aromatic N) is 1. The van der Waals surface area contributed by atoms with Gasteiger partial charge >= 0.3 is 5.97 Å². The van der Waals surface area contributed by atoms with Crippen LogP contribution in [-0.4, -0.2) is 21.5 Å². The molecule has 78 valence electrons. The van der Waals surface area contributed by atoms with Crippen molar-refractivity contribution < 1.29 is 14.8 Å². The molecule has 2 unspecified atom stereocenters. The topological polar surface area (TPSA) is 80.4 Å². The first-order valence-electron chi connectivity index (χ1n) is 4.41. The Morgan fingerprint density at radius 1 is 1.79 bits per heavy atom. The molecular weight excluding hydrogens is 186 g/mol. The fourth-order valence-electron chi connectivity index (χ4n) is 1.89. The molecule has 0 saturated heterocycles. The van der Waals surface area contributed by atoms with Crippen molar-refractivity contribution >= 4 is 5.97 Å². The maximum absolute atomic E-state index is 10.9. The molecule has 0 saturated carbocycles. The van der Waals surface area contributed by atoms with Gasteiger partial charge in [-0.3, -0.25) is 14.9 Å². The highest BCUT2D eigenvalue weighted by atomic mass is 16.6. The Balaban J connectivity index is 3.06. The van der Waals surface area contributed by atoms with E-state index < -0.39 is 22.3 Å². The third-order valence-electron chi connectivity index (χ3n) is 2.80. The van der Waals surface area contributed by atoms with E-state index in [1.165, 1.54) is 6.92 Å². The third kappa shape index (κ3) is 1.62. The maximum Gasteiger partial charge on any atom is 0.314 e. The molecular formula is C9H13NO4. The van der Waals surface area contributed by atoms with Crippen molar-refractivity contribution in [2.24, 2.45) is 5.92 Å². The highest BCUT2D eigenvalue weighted by Crippen LogP contribution is 2.35. The van der Waals surface area contributed by atoms with Crippen LogP contribution in [0.25, 0.3) is 0 Å². The molecule has 5 nitrogen and oxygen atoms in total. The van der Waals surface area contributed by atoms with Gasteiger partial charge in [-0.1, -0.05) is 11.6 Å². The lowest BCUT2D eigenvalue weighted by Gasteiger charge is -2.30. The minimum atomic E-state index is -1.36. The Kier molecular flexibility index (Phi) is 2.59. The van der Waals surface area contributed by atoms with E-state index in [0.717, 1.165) is 5.57 Å². The van der Waals surface area contributed by atoms with E-state index >= 15 is 0 Å². The first-order chi connectivity index (χ1) is 6.38. The van der Waals surface area contributed by atoms with Gasteiger partial charge in [0.05, 0.1) is 0 Å². The Bertz CT molecular complexity index is 310. The van der Waals surface area contributed by atoms with Gasteiger partial charge in [-0.2, -0.15) is 0 Å². The monoisotopic (exact) mass is 199 g/mol. The quantitative estimate of drug-likeness (QED) is 0.414. The molecule has 0 bridgehead atoms. The number of rotatable bonds is 2. The lowest BCUT2D eigenvalue weighted by atomic mass is 9.75. The molecule has 0 radical (unpaired) electrons. The predicted octanol–water partition coefficient (Wildman–Crippen LogP) is 1.46. The number of aliphatic carboxylic acids is 1. The Morgan fingerprint density at radius 3 is 2.79 bits per heavy atom. The van der Waals surface area contributed by atoms with E-state index in [1.807, 2.05) is 0 Å². The van der Waals surface area contributed by atoms with Crippen LogP contribution >= 0.6 is 0 Å². The number of hydrogen-bond donors (Lipinski definition) is 1. The van der Waals surface area contributed by atoms with E-state index in [-0.39, 0.29) is 12.8 Å². The van der Waals surface area contributed by atoms with Gasteiger partial charge in [-0.15, -0.1) is 0 Å². The molecule has 1 rings (SSSR count). The molecule has 0 fully saturated rings. The summed E-state index contributed by atoms with van der Waals surface area (Å²) in [5.41, 5.74) is -0.466. The summed E-state index contributed by atoms with van der Waals surface area (Å²) in [7, 11) is 0. The summed E-state index contributed by atoms with van der Waals surface area (Å²) in [6, 6.07) is 0. The second kappa shape index (κ2) is 3.40. The minimum Gasteiger partial charge on any atom is -0.481 e. The standard InChI is InChI=1S/C9H13NO4/c1-6-3-4-7(8(11)12)9(2,5-6)10(13)14/h3,7H,4-5H2,1-2H3,(H,11,12). The minimum absolute atomic E-state index is 0.219. The smallest absolute Gasteiger partial charge is 0.314 e. The van der Waals surface area contributed by atoms with Crippen LogP contribution in [0.3, 0.4) is 0 Å². The zero-order chi connectivity index (χ0) is 10.9. The molecule has 1 aliphatic rings. The molecule has 0 amide bonds. The van der Waals surface area contributed by atoms with Crippen LogP contribution in [0.4, 0.5) is 0 Å². The van der Waals surface area contributed by atoms with E-state index in [1.54, 1.807) is 13.0 Å². The molecule has 0 aromatic carbocycles. The van der Waals surface area contributed by atoms with Crippen LogP contribution in [0.5, 0.6) is 0 Å². The predicted molar refractivity (Wildman–Crippen MR) is 49.5 cm³/mol. The van der Waals surface area contributed by atoms with Gasteiger partial charge in [0.25, 0.3) is 0 Å². The van der Waals surface area contributed by atoms with Gasteiger partial charge in [0.2, 0.25) is 5.54 Å². The van der Waals surface area contributed by atoms with Crippen molar-refractivity contribution in [3.05, 3.63) is 21.8 Å². The van der Waals surface area contributed by atoms with Gasteiger partial charge in [0, 0.05) is 18.3 Å². The average molecular weight is 199 g/mol. The van der Waals surface area contributed by atoms with Gasteiger partial charge < -0.3 is 5.11 Å². The zero-order valence-corrected chi connectivity index (χ0v) is 8.19. The van der Waals surface area contributed by atoms with Crippen LogP contribution in [0.2, 0.25) is 0 Å². The molecule has 0 aromatic heterocycles. The van der Waals surface area contributed by atoms with Crippen molar-refractivity contribution in [3.8, 4) is 0 Å². The normalized spacial score (nSPS) is 32.1. The third-order valence-corrected chi connectivity index (χ3v) is 2.80. The molecule has 0 heterocycles. The van der Waals surface area contributed by atoms with Crippen LogP contribution in [0.1, 0.15) is 26.7 Å². The number of allylic oxidation sites excluding steroid dienone is 1. The molecule has 1 aliphatic carbocycles. The average Bonchev–Trinajstić information content (AvgIpc) is 2.02. The van der Waals surface area contributed by atoms with E-state index in [0.29, 0.717) is 0 Å². The van der Waals surface area contributed by atoms with E-state index in [9.17, 15) is 14.9 Å². The molecule has 0 aliphatic heterocycles. The summed E-state index contributed by atoms with van der Waals surface area (Å²) in [5, 5.41) is 19.7. The van der Waals surface area contributed by atoms with Crippen LogP contribution < -0.4 is 0 Å². The van der Waals surface area contributed by atoms with Crippen molar-refractivity contribution in [1.29, 1.82) is 0 Å². The van der Waals surface area contributed by atoms with E-state index in [4.69, 9.17) is 5.11 Å². The van der Waals surface area contributed by atoms with Crippen LogP contribution in [0.15, 0.2) is 11.6 Å². The first-order valence-corrected chi connectivity index (χ1v) is 4.41. The Morgan fingerprint density at radius 2 is 2.36 bits per heavy atom. The van der Waals surface area contributed by atoms with Gasteiger partial charge in [0.1, 0.15) is 5.92 Å². The fraction of sp³-hybridized carbons (Fsp3) is 0.667. The van der Waals surface area contributed by atoms with Crippen molar-refractivity contribution in [1.82, 2.24) is 0 Å². The largest absolute Gasteiger partial charge is 0.481 e. The fourth-order valence-corrected chi connectivity index (χ4v) is 1.89. The number of carbonyl (C=O) groups is 1. The second-order valence-corrected chi connectivity index (χ2v) is 3.97. The summed E-state index contributed by atoms with van der Waals surface area (Å²) in [6.45, 7) is 3.20. The SMILES string of the molecule is CC1=CCC(C(=O)O)C(C)([N+](=O)[O-])C1. The van der Waals surface area contributed by atoms with Crippen molar-refractivity contribution in [3.63, 3.8) is 0 Å². The first kappa shape index (κ1) is 10.7. The number of hydrogen-bond acceptors (Lipinski definition) is 3. The lowest BCUT2D eigenvalue weighted by molar-refractivity contribution is -0.573. The molecule has 2 atom stereocenters. The second-order valence-electron chi connectivity index (χ2n) is 3.97. The number of carboxylic acids is 1. The molecule has 14 heavy (non-hydrogen) atoms. The zero-order valence-electron chi connectivity index (χ0n) is 8.19. The molecule has 1 N–H and O–H groups in total. The lowest BCUT2D eigenvalue weighted by Crippen LogP contribution is -2.48. The molecule has 0 spiro atoms. The van der Waals surface area contributed by atoms with Crippen LogP contribution in [0, 0.1) is 16.0 Å². The van der Waals surface area contributed by atoms with Gasteiger partial charge in [-0.25, -0.2) is 0 Å². The highest BCUT2D eigenvalue weighted by molar-refractivity contribution is 5.72. The Labute approximate surface area is 81.6 Å². The maximum atomic E-state index is 10.9. The summed E-state index contributed by atoms with van der Waals surface area (Å²) >= 11 is 0. The van der Waals surface area contributed by atoms with Gasteiger partial charge in [0.15, 0.2) is 0 Å². The summed E-state index contributed by atoms with van der Waals surface area (Å²) in [4.78, 5) is 21.2. The van der Waals surface area contributed by atoms with E-state index in [2.05, 4.69) is 0 Å². The van der Waals surface area contributed by atoms with Crippen LogP contribution in [-0.2, 0) is 4.79 Å². The number of nitro groups is 1.